The summed E-state index contributed by atoms with van der Waals surface area (Å²) in [7, 11) is -3.42. The van der Waals surface area contributed by atoms with Crippen molar-refractivity contribution in [1.82, 2.24) is 14.9 Å². The van der Waals surface area contributed by atoms with Gasteiger partial charge in [-0.25, -0.2) is 18.4 Å². The van der Waals surface area contributed by atoms with Gasteiger partial charge in [0.05, 0.1) is 17.2 Å². The Morgan fingerprint density at radius 3 is 2.86 bits per heavy atom. The average molecular weight is 414 g/mol. The first-order chi connectivity index (χ1) is 13.8. The van der Waals surface area contributed by atoms with E-state index in [1.165, 1.54) is 12.1 Å². The molecule has 3 aromatic rings. The molecule has 0 aliphatic carbocycles. The van der Waals surface area contributed by atoms with E-state index in [1.807, 2.05) is 6.07 Å². The van der Waals surface area contributed by atoms with Crippen molar-refractivity contribution in [2.45, 2.75) is 24.7 Å². The summed E-state index contributed by atoms with van der Waals surface area (Å²) in [6.45, 7) is 1.86. The van der Waals surface area contributed by atoms with Gasteiger partial charge in [0.25, 0.3) is 5.69 Å². The molecule has 150 valence electrons. The van der Waals surface area contributed by atoms with Crippen molar-refractivity contribution in [3.63, 3.8) is 0 Å². The van der Waals surface area contributed by atoms with Gasteiger partial charge < -0.3 is 4.42 Å². The number of sulfone groups is 1. The number of furan rings is 1. The second-order valence-electron chi connectivity index (χ2n) is 6.93. The highest BCUT2D eigenvalue weighted by Gasteiger charge is 2.22. The third-order valence-electron chi connectivity index (χ3n) is 4.71. The van der Waals surface area contributed by atoms with E-state index in [0.29, 0.717) is 37.4 Å². The molecular formula is C19H18N4O5S. The Morgan fingerprint density at radius 2 is 2.10 bits per heavy atom. The van der Waals surface area contributed by atoms with Gasteiger partial charge in [0.1, 0.15) is 11.5 Å². The lowest BCUT2D eigenvalue weighted by Crippen LogP contribution is -2.31. The molecule has 0 unspecified atom stereocenters. The SMILES string of the molecule is CS(=O)(=O)c1ncc2c(n1)CCN(Cc1ccc(-c3cccc([N+](=O)[O-])c3)o1)C2. The maximum atomic E-state index is 11.6. The van der Waals surface area contributed by atoms with Crippen molar-refractivity contribution in [1.29, 1.82) is 0 Å². The Kier molecular flexibility index (Phi) is 4.89. The fraction of sp³-hybridized carbons (Fsp3) is 0.263. The number of non-ortho nitro benzene ring substituents is 1. The second-order valence-corrected chi connectivity index (χ2v) is 8.84. The molecule has 0 atom stereocenters. The zero-order valence-corrected chi connectivity index (χ0v) is 16.4. The Labute approximate surface area is 167 Å². The fourth-order valence-electron chi connectivity index (χ4n) is 3.28. The summed E-state index contributed by atoms with van der Waals surface area (Å²) in [5.74, 6) is 1.31. The third kappa shape index (κ3) is 4.17. The minimum Gasteiger partial charge on any atom is -0.460 e. The molecule has 0 saturated heterocycles. The van der Waals surface area contributed by atoms with Crippen LogP contribution in [0.4, 0.5) is 5.69 Å². The van der Waals surface area contributed by atoms with E-state index in [-0.39, 0.29) is 10.8 Å². The van der Waals surface area contributed by atoms with Gasteiger partial charge in [0.15, 0.2) is 0 Å². The Balaban J connectivity index is 1.48. The summed E-state index contributed by atoms with van der Waals surface area (Å²) in [4.78, 5) is 20.8. The number of rotatable bonds is 5. The predicted octanol–water partition coefficient (Wildman–Crippen LogP) is 2.61. The normalized spacial score (nSPS) is 14.5. The summed E-state index contributed by atoms with van der Waals surface area (Å²) < 4.78 is 29.1. The van der Waals surface area contributed by atoms with Crippen LogP contribution in [0.3, 0.4) is 0 Å². The average Bonchev–Trinajstić information content (AvgIpc) is 3.15. The lowest BCUT2D eigenvalue weighted by Gasteiger charge is -2.27. The molecule has 0 saturated carbocycles. The molecule has 1 aliphatic heterocycles. The van der Waals surface area contributed by atoms with Gasteiger partial charge in [-0.05, 0) is 12.1 Å². The van der Waals surface area contributed by atoms with Crippen molar-refractivity contribution in [3.05, 3.63) is 69.7 Å². The Morgan fingerprint density at radius 1 is 1.28 bits per heavy atom. The zero-order valence-electron chi connectivity index (χ0n) is 15.6. The first-order valence-corrected chi connectivity index (χ1v) is 10.8. The fourth-order valence-corrected chi connectivity index (χ4v) is 3.80. The van der Waals surface area contributed by atoms with Gasteiger partial charge in [-0.2, -0.15) is 0 Å². The van der Waals surface area contributed by atoms with E-state index in [1.54, 1.807) is 24.4 Å². The molecule has 3 heterocycles. The van der Waals surface area contributed by atoms with Gasteiger partial charge >= 0.3 is 0 Å². The van der Waals surface area contributed by atoms with Crippen LogP contribution in [0, 0.1) is 10.1 Å². The number of fused-ring (bicyclic) bond motifs is 1. The summed E-state index contributed by atoms with van der Waals surface area (Å²) in [5.41, 5.74) is 2.32. The molecule has 4 rings (SSSR count). The zero-order chi connectivity index (χ0) is 20.6. The molecule has 0 spiro atoms. The molecular weight excluding hydrogens is 396 g/mol. The molecule has 0 bridgehead atoms. The number of benzene rings is 1. The van der Waals surface area contributed by atoms with E-state index in [2.05, 4.69) is 14.9 Å². The largest absolute Gasteiger partial charge is 0.460 e. The van der Waals surface area contributed by atoms with E-state index in [4.69, 9.17) is 4.42 Å². The predicted molar refractivity (Wildman–Crippen MR) is 104 cm³/mol. The maximum Gasteiger partial charge on any atom is 0.270 e. The monoisotopic (exact) mass is 414 g/mol. The maximum absolute atomic E-state index is 11.6. The van der Waals surface area contributed by atoms with E-state index in [0.717, 1.165) is 23.3 Å². The second kappa shape index (κ2) is 7.37. The van der Waals surface area contributed by atoms with Crippen molar-refractivity contribution in [2.24, 2.45) is 0 Å². The Hall–Kier alpha value is -3.11. The first-order valence-electron chi connectivity index (χ1n) is 8.90. The number of nitro groups is 1. The smallest absolute Gasteiger partial charge is 0.270 e. The number of hydrogen-bond donors (Lipinski definition) is 0. The van der Waals surface area contributed by atoms with Crippen LogP contribution in [-0.2, 0) is 29.3 Å². The minimum absolute atomic E-state index is 0.0153. The van der Waals surface area contributed by atoms with Gasteiger partial charge in [0, 0.05) is 55.2 Å². The van der Waals surface area contributed by atoms with Crippen molar-refractivity contribution >= 4 is 15.5 Å². The third-order valence-corrected chi connectivity index (χ3v) is 5.57. The molecule has 2 aromatic heterocycles. The summed E-state index contributed by atoms with van der Waals surface area (Å²) in [6.07, 6.45) is 3.29. The highest BCUT2D eigenvalue weighted by atomic mass is 32.2. The quantitative estimate of drug-likeness (QED) is 0.355. The van der Waals surface area contributed by atoms with E-state index < -0.39 is 14.8 Å². The summed E-state index contributed by atoms with van der Waals surface area (Å²) in [5, 5.41) is 10.8. The van der Waals surface area contributed by atoms with Crippen LogP contribution in [-0.4, -0.2) is 41.0 Å². The Bertz CT molecular complexity index is 1190. The molecule has 0 N–H and O–H groups in total. The molecule has 1 aliphatic rings. The molecule has 10 heteroatoms. The molecule has 1 aromatic carbocycles. The summed E-state index contributed by atoms with van der Waals surface area (Å²) in [6, 6.07) is 9.97. The number of nitrogens with zero attached hydrogens (tertiary/aromatic N) is 4. The number of hydrogen-bond acceptors (Lipinski definition) is 8. The minimum atomic E-state index is -3.42. The van der Waals surface area contributed by atoms with Gasteiger partial charge in [-0.1, -0.05) is 12.1 Å². The molecule has 0 fully saturated rings. The van der Waals surface area contributed by atoms with Crippen LogP contribution in [0.2, 0.25) is 0 Å². The van der Waals surface area contributed by atoms with Crippen molar-refractivity contribution < 1.29 is 17.8 Å². The lowest BCUT2D eigenvalue weighted by molar-refractivity contribution is -0.384. The number of aromatic nitrogens is 2. The van der Waals surface area contributed by atoms with Crippen LogP contribution < -0.4 is 0 Å². The van der Waals surface area contributed by atoms with Crippen LogP contribution in [0.15, 0.2) is 52.2 Å². The van der Waals surface area contributed by atoms with Gasteiger partial charge in [0.2, 0.25) is 15.0 Å². The van der Waals surface area contributed by atoms with Gasteiger partial charge in [-0.3, -0.25) is 15.0 Å². The highest BCUT2D eigenvalue weighted by molar-refractivity contribution is 7.90. The van der Waals surface area contributed by atoms with Gasteiger partial charge in [-0.15, -0.1) is 0 Å². The lowest BCUT2D eigenvalue weighted by atomic mass is 10.1. The van der Waals surface area contributed by atoms with Crippen molar-refractivity contribution in [3.8, 4) is 11.3 Å². The van der Waals surface area contributed by atoms with Crippen LogP contribution in [0.25, 0.3) is 11.3 Å². The van der Waals surface area contributed by atoms with Crippen LogP contribution in [0.1, 0.15) is 17.0 Å². The van der Waals surface area contributed by atoms with E-state index in [9.17, 15) is 18.5 Å². The number of nitro benzene ring substituents is 1. The standard InChI is InChI=1S/C19H18N4O5S/c1-29(26,27)19-20-10-14-11-22(8-7-17(14)21-19)12-16-5-6-18(28-16)13-3-2-4-15(9-13)23(24)25/h2-6,9-10H,7-8,11-12H2,1H3. The molecule has 29 heavy (non-hydrogen) atoms. The van der Waals surface area contributed by atoms with Crippen LogP contribution in [0.5, 0.6) is 0 Å². The van der Waals surface area contributed by atoms with Crippen LogP contribution >= 0.6 is 0 Å². The first kappa shape index (κ1) is 19.2. The molecule has 9 nitrogen and oxygen atoms in total. The van der Waals surface area contributed by atoms with E-state index >= 15 is 0 Å². The van der Waals surface area contributed by atoms with Crippen molar-refractivity contribution in [2.75, 3.05) is 12.8 Å². The highest BCUT2D eigenvalue weighted by Crippen LogP contribution is 2.27. The summed E-state index contributed by atoms with van der Waals surface area (Å²) >= 11 is 0. The topological polar surface area (TPSA) is 119 Å². The molecule has 0 amide bonds. The molecule has 0 radical (unpaired) electrons.